The molecular weight excluding hydrogens is 228 g/mol. The fourth-order valence-electron chi connectivity index (χ4n) is 2.18. The van der Waals surface area contributed by atoms with Gasteiger partial charge in [-0.2, -0.15) is 0 Å². The lowest BCUT2D eigenvalue weighted by Gasteiger charge is -2.32. The summed E-state index contributed by atoms with van der Waals surface area (Å²) in [7, 11) is 3.70. The molecule has 0 atom stereocenters. The van der Waals surface area contributed by atoms with E-state index in [4.69, 9.17) is 4.74 Å². The number of carbonyl (C=O) groups excluding carboxylic acids is 1. The van der Waals surface area contributed by atoms with Crippen LogP contribution in [0, 0.1) is 6.92 Å². The maximum atomic E-state index is 12.4. The summed E-state index contributed by atoms with van der Waals surface area (Å²) in [6.45, 7) is 5.45. The maximum Gasteiger partial charge on any atom is 0.254 e. The van der Waals surface area contributed by atoms with Gasteiger partial charge >= 0.3 is 0 Å². The van der Waals surface area contributed by atoms with E-state index in [1.54, 1.807) is 7.11 Å². The number of aryl methyl sites for hydroxylation is 1. The fraction of sp³-hybridized carbons (Fsp3) is 0.500. The molecule has 98 valence electrons. The van der Waals surface area contributed by atoms with Crippen molar-refractivity contribution < 1.29 is 9.53 Å². The molecule has 1 aromatic rings. The lowest BCUT2D eigenvalue weighted by atomic mass is 10.1. The number of hydrogen-bond acceptors (Lipinski definition) is 3. The Morgan fingerprint density at radius 1 is 1.17 bits per heavy atom. The van der Waals surface area contributed by atoms with E-state index in [2.05, 4.69) is 11.9 Å². The van der Waals surface area contributed by atoms with Crippen LogP contribution in [0.15, 0.2) is 18.2 Å². The minimum Gasteiger partial charge on any atom is -0.497 e. The number of nitrogens with zero attached hydrogens (tertiary/aromatic N) is 2. The standard InChI is InChI=1S/C14H20N2O2/c1-11-8-12(10-13(9-11)18-3)14(17)16-6-4-15(2)5-7-16/h8-10H,4-7H2,1-3H3. The molecule has 0 aromatic heterocycles. The van der Waals surface area contributed by atoms with Crippen LogP contribution in [0.4, 0.5) is 0 Å². The monoisotopic (exact) mass is 248 g/mol. The molecule has 4 nitrogen and oxygen atoms in total. The zero-order valence-electron chi connectivity index (χ0n) is 11.3. The first kappa shape index (κ1) is 12.9. The van der Waals surface area contributed by atoms with Crippen molar-refractivity contribution in [3.8, 4) is 5.75 Å². The Kier molecular flexibility index (Phi) is 3.87. The molecular formula is C14H20N2O2. The van der Waals surface area contributed by atoms with Crippen LogP contribution in [0.3, 0.4) is 0 Å². The molecule has 1 heterocycles. The molecule has 1 amide bonds. The number of ether oxygens (including phenoxy) is 1. The highest BCUT2D eigenvalue weighted by molar-refractivity contribution is 5.95. The summed E-state index contributed by atoms with van der Waals surface area (Å²) in [6, 6.07) is 5.66. The highest BCUT2D eigenvalue weighted by atomic mass is 16.5. The molecule has 1 aliphatic rings. The molecule has 2 rings (SSSR count). The normalized spacial score (nSPS) is 16.7. The molecule has 0 radical (unpaired) electrons. The summed E-state index contributed by atoms with van der Waals surface area (Å²) in [4.78, 5) is 16.5. The molecule has 0 saturated carbocycles. The second-order valence-electron chi connectivity index (χ2n) is 4.83. The lowest BCUT2D eigenvalue weighted by Crippen LogP contribution is -2.47. The van der Waals surface area contributed by atoms with Gasteiger partial charge in [0.1, 0.15) is 5.75 Å². The van der Waals surface area contributed by atoms with E-state index >= 15 is 0 Å². The van der Waals surface area contributed by atoms with E-state index in [1.165, 1.54) is 0 Å². The quantitative estimate of drug-likeness (QED) is 0.793. The Bertz CT molecular complexity index is 437. The Hall–Kier alpha value is -1.55. The van der Waals surface area contributed by atoms with Gasteiger partial charge in [0.2, 0.25) is 0 Å². The van der Waals surface area contributed by atoms with Crippen molar-refractivity contribution in [2.75, 3.05) is 40.3 Å². The van der Waals surface area contributed by atoms with Gasteiger partial charge in [0.05, 0.1) is 7.11 Å². The number of carbonyl (C=O) groups is 1. The van der Waals surface area contributed by atoms with Gasteiger partial charge in [0.15, 0.2) is 0 Å². The second-order valence-corrected chi connectivity index (χ2v) is 4.83. The van der Waals surface area contributed by atoms with Gasteiger partial charge in [-0.05, 0) is 37.7 Å². The van der Waals surface area contributed by atoms with Crippen molar-refractivity contribution in [1.29, 1.82) is 0 Å². The molecule has 0 spiro atoms. The van der Waals surface area contributed by atoms with E-state index in [9.17, 15) is 4.79 Å². The molecule has 1 aliphatic heterocycles. The van der Waals surface area contributed by atoms with Gasteiger partial charge in [-0.15, -0.1) is 0 Å². The van der Waals surface area contributed by atoms with Gasteiger partial charge in [0.25, 0.3) is 5.91 Å². The Labute approximate surface area is 108 Å². The predicted octanol–water partition coefficient (Wildman–Crippen LogP) is 1.39. The van der Waals surface area contributed by atoms with Gasteiger partial charge in [-0.25, -0.2) is 0 Å². The summed E-state index contributed by atoms with van der Waals surface area (Å²) in [5, 5.41) is 0. The molecule has 4 heteroatoms. The number of piperazine rings is 1. The first-order valence-electron chi connectivity index (χ1n) is 6.23. The maximum absolute atomic E-state index is 12.4. The molecule has 1 saturated heterocycles. The van der Waals surface area contributed by atoms with Crippen LogP contribution in [-0.4, -0.2) is 56.0 Å². The smallest absolute Gasteiger partial charge is 0.254 e. The van der Waals surface area contributed by atoms with E-state index < -0.39 is 0 Å². The van der Waals surface area contributed by atoms with Gasteiger partial charge in [0, 0.05) is 31.7 Å². The SMILES string of the molecule is COc1cc(C)cc(C(=O)N2CCN(C)CC2)c1. The van der Waals surface area contributed by atoms with E-state index in [1.807, 2.05) is 30.0 Å². The molecule has 0 aliphatic carbocycles. The van der Waals surface area contributed by atoms with Crippen LogP contribution < -0.4 is 4.74 Å². The van der Waals surface area contributed by atoms with Crippen LogP contribution in [0.2, 0.25) is 0 Å². The van der Waals surface area contributed by atoms with Crippen LogP contribution in [0.5, 0.6) is 5.75 Å². The minimum absolute atomic E-state index is 0.102. The first-order chi connectivity index (χ1) is 8.60. The molecule has 1 fully saturated rings. The Morgan fingerprint density at radius 2 is 1.83 bits per heavy atom. The van der Waals surface area contributed by atoms with Crippen molar-refractivity contribution in [1.82, 2.24) is 9.80 Å². The Morgan fingerprint density at radius 3 is 2.44 bits per heavy atom. The number of rotatable bonds is 2. The van der Waals surface area contributed by atoms with E-state index in [0.717, 1.165) is 43.1 Å². The summed E-state index contributed by atoms with van der Waals surface area (Å²) >= 11 is 0. The van der Waals surface area contributed by atoms with Crippen LogP contribution in [0.25, 0.3) is 0 Å². The third-order valence-electron chi connectivity index (χ3n) is 3.32. The van der Waals surface area contributed by atoms with Gasteiger partial charge < -0.3 is 14.5 Å². The van der Waals surface area contributed by atoms with Crippen molar-refractivity contribution in [2.45, 2.75) is 6.92 Å². The predicted molar refractivity (Wildman–Crippen MR) is 71.1 cm³/mol. The Balaban J connectivity index is 2.15. The van der Waals surface area contributed by atoms with Crippen molar-refractivity contribution >= 4 is 5.91 Å². The number of benzene rings is 1. The molecule has 1 aromatic carbocycles. The molecule has 0 unspecified atom stereocenters. The third kappa shape index (κ3) is 2.82. The van der Waals surface area contributed by atoms with Crippen molar-refractivity contribution in [3.63, 3.8) is 0 Å². The fourth-order valence-corrected chi connectivity index (χ4v) is 2.18. The summed E-state index contributed by atoms with van der Waals surface area (Å²) in [5.74, 6) is 0.845. The van der Waals surface area contributed by atoms with Crippen LogP contribution >= 0.6 is 0 Å². The number of likely N-dealkylation sites (N-methyl/N-ethyl adjacent to an activating group) is 1. The highest BCUT2D eigenvalue weighted by Crippen LogP contribution is 2.18. The molecule has 0 N–H and O–H groups in total. The average Bonchev–Trinajstić information content (AvgIpc) is 2.38. The average molecular weight is 248 g/mol. The zero-order chi connectivity index (χ0) is 13.1. The van der Waals surface area contributed by atoms with Gasteiger partial charge in [-0.1, -0.05) is 0 Å². The van der Waals surface area contributed by atoms with Crippen molar-refractivity contribution in [3.05, 3.63) is 29.3 Å². The van der Waals surface area contributed by atoms with Crippen LogP contribution in [-0.2, 0) is 0 Å². The van der Waals surface area contributed by atoms with Crippen LogP contribution in [0.1, 0.15) is 15.9 Å². The summed E-state index contributed by atoms with van der Waals surface area (Å²) in [6.07, 6.45) is 0. The largest absolute Gasteiger partial charge is 0.497 e. The second kappa shape index (κ2) is 5.40. The number of amides is 1. The lowest BCUT2D eigenvalue weighted by molar-refractivity contribution is 0.0663. The van der Waals surface area contributed by atoms with Gasteiger partial charge in [-0.3, -0.25) is 4.79 Å². The third-order valence-corrected chi connectivity index (χ3v) is 3.32. The molecule has 0 bridgehead atoms. The van der Waals surface area contributed by atoms with E-state index in [0.29, 0.717) is 0 Å². The van der Waals surface area contributed by atoms with E-state index in [-0.39, 0.29) is 5.91 Å². The van der Waals surface area contributed by atoms with Crippen molar-refractivity contribution in [2.24, 2.45) is 0 Å². The highest BCUT2D eigenvalue weighted by Gasteiger charge is 2.20. The number of methoxy groups -OCH3 is 1. The number of hydrogen-bond donors (Lipinski definition) is 0. The minimum atomic E-state index is 0.102. The summed E-state index contributed by atoms with van der Waals surface area (Å²) in [5.41, 5.74) is 1.77. The first-order valence-corrected chi connectivity index (χ1v) is 6.23. The summed E-state index contributed by atoms with van der Waals surface area (Å²) < 4.78 is 5.21. The zero-order valence-corrected chi connectivity index (χ0v) is 11.3. The topological polar surface area (TPSA) is 32.8 Å². The molecule has 18 heavy (non-hydrogen) atoms.